The van der Waals surface area contributed by atoms with Gasteiger partial charge in [0.25, 0.3) is 0 Å². The van der Waals surface area contributed by atoms with Gasteiger partial charge in [0.2, 0.25) is 0 Å². The Labute approximate surface area is 119 Å². The van der Waals surface area contributed by atoms with E-state index in [0.717, 1.165) is 25.1 Å². The molecule has 1 aromatic carbocycles. The van der Waals surface area contributed by atoms with Crippen molar-refractivity contribution in [3.8, 4) is 11.2 Å². The first-order chi connectivity index (χ1) is 9.38. The maximum atomic E-state index is 12.8. The standard InChI is InChI=1S/C13H13F3N2OS/c1-18-3-2-10(7-18)19-11-4-9(13(14,15)16)5-12(6-11)20-8-17/h4-6,10H,2-3,7H2,1H3/t10-/m1/s1. The second kappa shape index (κ2) is 5.94. The average Bonchev–Trinajstić information content (AvgIpc) is 2.74. The number of alkyl halides is 3. The normalized spacial score (nSPS) is 19.9. The smallest absolute Gasteiger partial charge is 0.416 e. The van der Waals surface area contributed by atoms with Crippen molar-refractivity contribution in [1.82, 2.24) is 4.90 Å². The first-order valence-electron chi connectivity index (χ1n) is 6.02. The van der Waals surface area contributed by atoms with Gasteiger partial charge in [-0.05, 0) is 43.4 Å². The van der Waals surface area contributed by atoms with Crippen molar-refractivity contribution >= 4 is 11.8 Å². The highest BCUT2D eigenvalue weighted by Crippen LogP contribution is 2.35. The first-order valence-corrected chi connectivity index (χ1v) is 6.83. The zero-order chi connectivity index (χ0) is 14.8. The van der Waals surface area contributed by atoms with Gasteiger partial charge in [0.1, 0.15) is 17.3 Å². The summed E-state index contributed by atoms with van der Waals surface area (Å²) in [6.45, 7) is 1.56. The summed E-state index contributed by atoms with van der Waals surface area (Å²) in [5, 5.41) is 10.4. The Bertz CT molecular complexity index is 527. The molecular formula is C13H13F3N2OS. The number of rotatable bonds is 3. The van der Waals surface area contributed by atoms with E-state index in [1.54, 1.807) is 5.40 Å². The second-order valence-corrected chi connectivity index (χ2v) is 5.53. The number of benzene rings is 1. The van der Waals surface area contributed by atoms with Gasteiger partial charge in [0, 0.05) is 18.0 Å². The van der Waals surface area contributed by atoms with Gasteiger partial charge in [-0.1, -0.05) is 0 Å². The molecule has 1 saturated heterocycles. The van der Waals surface area contributed by atoms with Gasteiger partial charge in [-0.2, -0.15) is 18.4 Å². The van der Waals surface area contributed by atoms with E-state index in [1.807, 2.05) is 7.05 Å². The van der Waals surface area contributed by atoms with Gasteiger partial charge in [-0.15, -0.1) is 0 Å². The molecule has 0 amide bonds. The van der Waals surface area contributed by atoms with E-state index in [2.05, 4.69) is 4.90 Å². The van der Waals surface area contributed by atoms with Crippen LogP contribution in [0.25, 0.3) is 0 Å². The predicted octanol–water partition coefficient (Wildman–Crippen LogP) is 3.36. The molecule has 108 valence electrons. The van der Waals surface area contributed by atoms with Gasteiger partial charge >= 0.3 is 6.18 Å². The monoisotopic (exact) mass is 302 g/mol. The summed E-state index contributed by atoms with van der Waals surface area (Å²) in [5.41, 5.74) is -0.792. The molecule has 0 unspecified atom stereocenters. The number of nitriles is 1. The minimum absolute atomic E-state index is 0.108. The molecule has 0 saturated carbocycles. The van der Waals surface area contributed by atoms with E-state index in [1.165, 1.54) is 6.07 Å². The Morgan fingerprint density at radius 3 is 2.70 bits per heavy atom. The van der Waals surface area contributed by atoms with Crippen molar-refractivity contribution < 1.29 is 17.9 Å². The topological polar surface area (TPSA) is 36.3 Å². The maximum absolute atomic E-state index is 12.8. The van der Waals surface area contributed by atoms with E-state index in [0.29, 0.717) is 18.3 Å². The third-order valence-electron chi connectivity index (χ3n) is 3.02. The van der Waals surface area contributed by atoms with Gasteiger partial charge in [-0.3, -0.25) is 0 Å². The van der Waals surface area contributed by atoms with Crippen LogP contribution >= 0.6 is 11.8 Å². The van der Waals surface area contributed by atoms with Crippen molar-refractivity contribution in [3.05, 3.63) is 23.8 Å². The number of nitrogens with zero attached hydrogens (tertiary/aromatic N) is 2. The molecule has 1 atom stereocenters. The molecule has 1 aliphatic rings. The summed E-state index contributed by atoms with van der Waals surface area (Å²) in [6.07, 6.45) is -3.77. The number of hydrogen-bond donors (Lipinski definition) is 0. The van der Waals surface area contributed by atoms with Crippen LogP contribution in [0.3, 0.4) is 0 Å². The summed E-state index contributed by atoms with van der Waals surface area (Å²) in [7, 11) is 1.94. The van der Waals surface area contributed by atoms with Gasteiger partial charge in [0.05, 0.1) is 5.56 Å². The van der Waals surface area contributed by atoms with Crippen molar-refractivity contribution in [2.45, 2.75) is 23.6 Å². The van der Waals surface area contributed by atoms with Gasteiger partial charge in [0.15, 0.2) is 0 Å². The summed E-state index contributed by atoms with van der Waals surface area (Å²) in [5.74, 6) is 0.165. The van der Waals surface area contributed by atoms with Crippen molar-refractivity contribution in [2.24, 2.45) is 0 Å². The molecule has 0 spiro atoms. The number of thiocyanates is 1. The molecule has 0 N–H and O–H groups in total. The Morgan fingerprint density at radius 1 is 1.40 bits per heavy atom. The minimum Gasteiger partial charge on any atom is -0.489 e. The van der Waals surface area contributed by atoms with Crippen LogP contribution in [-0.4, -0.2) is 31.1 Å². The maximum Gasteiger partial charge on any atom is 0.416 e. The molecule has 0 bridgehead atoms. The van der Waals surface area contributed by atoms with E-state index in [4.69, 9.17) is 10.00 Å². The molecule has 0 aromatic heterocycles. The lowest BCUT2D eigenvalue weighted by Crippen LogP contribution is -2.21. The number of halogens is 3. The Hall–Kier alpha value is -1.39. The van der Waals surface area contributed by atoms with Gasteiger partial charge in [-0.25, -0.2) is 0 Å². The molecular weight excluding hydrogens is 289 g/mol. The van der Waals surface area contributed by atoms with Crippen LogP contribution in [0.1, 0.15) is 12.0 Å². The lowest BCUT2D eigenvalue weighted by atomic mass is 10.2. The fourth-order valence-electron chi connectivity index (χ4n) is 2.10. The molecule has 1 aromatic rings. The number of likely N-dealkylation sites (tertiary alicyclic amines) is 1. The first kappa shape index (κ1) is 15.0. The zero-order valence-corrected chi connectivity index (χ0v) is 11.6. The third kappa shape index (κ3) is 3.81. The summed E-state index contributed by atoms with van der Waals surface area (Å²) < 4.78 is 44.0. The Balaban J connectivity index is 2.23. The lowest BCUT2D eigenvalue weighted by Gasteiger charge is -2.16. The van der Waals surface area contributed by atoms with E-state index >= 15 is 0 Å². The molecule has 2 rings (SSSR count). The molecule has 3 nitrogen and oxygen atoms in total. The molecule has 1 fully saturated rings. The number of likely N-dealkylation sites (N-methyl/N-ethyl adjacent to an activating group) is 1. The fourth-order valence-corrected chi connectivity index (χ4v) is 2.56. The van der Waals surface area contributed by atoms with Crippen LogP contribution in [0.4, 0.5) is 13.2 Å². The average molecular weight is 302 g/mol. The highest BCUT2D eigenvalue weighted by molar-refractivity contribution is 8.03. The number of hydrogen-bond acceptors (Lipinski definition) is 4. The fraction of sp³-hybridized carbons (Fsp3) is 0.462. The van der Waals surface area contributed by atoms with Crippen LogP contribution in [-0.2, 0) is 6.18 Å². The minimum atomic E-state index is -4.45. The van der Waals surface area contributed by atoms with Gasteiger partial charge < -0.3 is 9.64 Å². The number of thioether (sulfide) groups is 1. The predicted molar refractivity (Wildman–Crippen MR) is 69.4 cm³/mol. The summed E-state index contributed by atoms with van der Waals surface area (Å²) in [4.78, 5) is 2.30. The van der Waals surface area contributed by atoms with E-state index in [9.17, 15) is 13.2 Å². The SMILES string of the molecule is CN1CC[C@@H](Oc2cc(SC#N)cc(C(F)(F)F)c2)C1. The largest absolute Gasteiger partial charge is 0.489 e. The Kier molecular flexibility index (Phi) is 4.45. The molecule has 20 heavy (non-hydrogen) atoms. The van der Waals surface area contributed by atoms with Crippen LogP contribution in [0.2, 0.25) is 0 Å². The quantitative estimate of drug-likeness (QED) is 0.633. The number of ether oxygens (including phenoxy) is 1. The van der Waals surface area contributed by atoms with Crippen molar-refractivity contribution in [2.75, 3.05) is 20.1 Å². The summed E-state index contributed by atoms with van der Waals surface area (Å²) in [6, 6.07) is 3.42. The highest BCUT2D eigenvalue weighted by Gasteiger charge is 2.32. The van der Waals surface area contributed by atoms with Crippen LogP contribution in [0, 0.1) is 10.7 Å². The highest BCUT2D eigenvalue weighted by atomic mass is 32.2. The lowest BCUT2D eigenvalue weighted by molar-refractivity contribution is -0.137. The zero-order valence-electron chi connectivity index (χ0n) is 10.8. The summed E-state index contributed by atoms with van der Waals surface area (Å²) >= 11 is 0.693. The molecule has 0 aliphatic carbocycles. The molecule has 1 aliphatic heterocycles. The van der Waals surface area contributed by atoms with Crippen LogP contribution < -0.4 is 4.74 Å². The molecule has 7 heteroatoms. The van der Waals surface area contributed by atoms with Crippen LogP contribution in [0.5, 0.6) is 5.75 Å². The van der Waals surface area contributed by atoms with Crippen molar-refractivity contribution in [3.63, 3.8) is 0 Å². The van der Waals surface area contributed by atoms with Crippen LogP contribution in [0.15, 0.2) is 23.1 Å². The Morgan fingerprint density at radius 2 is 2.15 bits per heavy atom. The second-order valence-electron chi connectivity index (χ2n) is 4.67. The third-order valence-corrected chi connectivity index (χ3v) is 3.58. The molecule has 0 radical (unpaired) electrons. The van der Waals surface area contributed by atoms with Crippen molar-refractivity contribution in [1.29, 1.82) is 5.26 Å². The van der Waals surface area contributed by atoms with E-state index < -0.39 is 11.7 Å². The molecule has 1 heterocycles. The van der Waals surface area contributed by atoms with E-state index in [-0.39, 0.29) is 16.7 Å².